The van der Waals surface area contributed by atoms with Crippen molar-refractivity contribution in [1.29, 1.82) is 0 Å². The topological polar surface area (TPSA) is 185 Å². The van der Waals surface area contributed by atoms with Gasteiger partial charge in [0.2, 0.25) is 5.91 Å². The Kier molecular flexibility index (Phi) is 6.26. The summed E-state index contributed by atoms with van der Waals surface area (Å²) in [6.45, 7) is 0.113. The lowest BCUT2D eigenvalue weighted by atomic mass is 10.0. The molecule has 2 aliphatic heterocycles. The number of nitrogens with one attached hydrogen (secondary N) is 2. The molecule has 2 bridgehead atoms. The fraction of sp³-hybridized carbons (Fsp3) is 0.615. The van der Waals surface area contributed by atoms with Crippen LogP contribution in [0.4, 0.5) is 4.79 Å². The van der Waals surface area contributed by atoms with Crippen LogP contribution < -0.4 is 10.8 Å². The van der Waals surface area contributed by atoms with Crippen molar-refractivity contribution in [3.05, 3.63) is 12.4 Å². The Morgan fingerprint density at radius 2 is 2.00 bits per heavy atom. The first kappa shape index (κ1) is 20.9. The SMILES string of the molecule is O=C(CNC(=O)[C@@H]1CC[C@@H]2CN1C(=O)N2OS(=O)(=O)O)NOCCn1nccn1. The van der Waals surface area contributed by atoms with E-state index in [4.69, 9.17) is 9.39 Å². The molecule has 16 heteroatoms. The lowest BCUT2D eigenvalue weighted by Gasteiger charge is -2.29. The van der Waals surface area contributed by atoms with Crippen molar-refractivity contribution in [3.8, 4) is 0 Å². The van der Waals surface area contributed by atoms with Crippen LogP contribution in [0, 0.1) is 0 Å². The summed E-state index contributed by atoms with van der Waals surface area (Å²) >= 11 is 0. The van der Waals surface area contributed by atoms with Crippen LogP contribution in [0.25, 0.3) is 0 Å². The number of hydrogen-bond acceptors (Lipinski definition) is 9. The maximum atomic E-state index is 12.3. The van der Waals surface area contributed by atoms with Crippen molar-refractivity contribution in [2.75, 3.05) is 19.7 Å². The lowest BCUT2D eigenvalue weighted by Crippen LogP contribution is -2.51. The number of piperidine rings is 1. The molecule has 3 heterocycles. The molecule has 15 nitrogen and oxygen atoms in total. The first-order valence-electron chi connectivity index (χ1n) is 8.54. The highest BCUT2D eigenvalue weighted by Crippen LogP contribution is 2.30. The summed E-state index contributed by atoms with van der Waals surface area (Å²) in [5.74, 6) is -1.19. The van der Waals surface area contributed by atoms with Crippen LogP contribution in [0.2, 0.25) is 0 Å². The van der Waals surface area contributed by atoms with Gasteiger partial charge < -0.3 is 10.2 Å². The Morgan fingerprint density at radius 1 is 1.28 bits per heavy atom. The maximum absolute atomic E-state index is 12.3. The van der Waals surface area contributed by atoms with Gasteiger partial charge in [-0.25, -0.2) is 10.3 Å². The zero-order valence-electron chi connectivity index (χ0n) is 15.0. The van der Waals surface area contributed by atoms with Crippen LogP contribution in [0.5, 0.6) is 0 Å². The van der Waals surface area contributed by atoms with Gasteiger partial charge in [-0.1, -0.05) is 0 Å². The third-order valence-electron chi connectivity index (χ3n) is 4.27. The van der Waals surface area contributed by atoms with Crippen LogP contribution in [-0.4, -0.2) is 87.6 Å². The molecule has 3 N–H and O–H groups in total. The maximum Gasteiger partial charge on any atom is 0.418 e. The summed E-state index contributed by atoms with van der Waals surface area (Å²) < 4.78 is 34.8. The van der Waals surface area contributed by atoms with Gasteiger partial charge in [0.1, 0.15) is 6.04 Å². The van der Waals surface area contributed by atoms with Crippen molar-refractivity contribution < 1.29 is 36.5 Å². The van der Waals surface area contributed by atoms with Crippen molar-refractivity contribution in [2.24, 2.45) is 0 Å². The summed E-state index contributed by atoms with van der Waals surface area (Å²) in [7, 11) is -4.86. The zero-order chi connectivity index (χ0) is 21.0. The highest BCUT2D eigenvalue weighted by Gasteiger charge is 2.49. The molecule has 1 aromatic heterocycles. The molecule has 4 amide bonds. The number of urea groups is 1. The van der Waals surface area contributed by atoms with E-state index in [-0.39, 0.29) is 32.5 Å². The fourth-order valence-corrected chi connectivity index (χ4v) is 3.43. The van der Waals surface area contributed by atoms with Crippen molar-refractivity contribution in [2.45, 2.75) is 31.5 Å². The van der Waals surface area contributed by atoms with Gasteiger partial charge in [-0.15, -0.1) is 4.28 Å². The number of hydrogen-bond donors (Lipinski definition) is 3. The Labute approximate surface area is 164 Å². The number of aromatic nitrogens is 3. The number of nitrogens with zero attached hydrogens (tertiary/aromatic N) is 5. The van der Waals surface area contributed by atoms with E-state index in [2.05, 4.69) is 25.3 Å². The summed E-state index contributed by atoms with van der Waals surface area (Å²) in [6, 6.07) is -2.35. The summed E-state index contributed by atoms with van der Waals surface area (Å²) in [6.07, 6.45) is 3.52. The van der Waals surface area contributed by atoms with Gasteiger partial charge in [0.15, 0.2) is 0 Å². The monoisotopic (exact) mass is 433 g/mol. The Hall–Kier alpha value is -2.82. The van der Waals surface area contributed by atoms with Crippen LogP contribution in [0.3, 0.4) is 0 Å². The molecular weight excluding hydrogens is 414 g/mol. The first-order chi connectivity index (χ1) is 13.7. The number of rotatable bonds is 9. The van der Waals surface area contributed by atoms with Crippen molar-refractivity contribution in [1.82, 2.24) is 35.8 Å². The fourth-order valence-electron chi connectivity index (χ4n) is 3.04. The third-order valence-corrected chi connectivity index (χ3v) is 4.62. The predicted octanol–water partition coefficient (Wildman–Crippen LogP) is -2.55. The lowest BCUT2D eigenvalue weighted by molar-refractivity contribution is -0.136. The minimum Gasteiger partial charge on any atom is -0.345 e. The van der Waals surface area contributed by atoms with Crippen LogP contribution in [-0.2, 0) is 35.7 Å². The first-order valence-corrected chi connectivity index (χ1v) is 9.90. The van der Waals surface area contributed by atoms with E-state index in [1.165, 1.54) is 17.2 Å². The van der Waals surface area contributed by atoms with E-state index >= 15 is 0 Å². The van der Waals surface area contributed by atoms with E-state index < -0.39 is 40.3 Å². The smallest absolute Gasteiger partial charge is 0.345 e. The Bertz CT molecular complexity index is 861. The largest absolute Gasteiger partial charge is 0.418 e. The molecule has 0 spiro atoms. The minimum atomic E-state index is -4.86. The van der Waals surface area contributed by atoms with Crippen LogP contribution >= 0.6 is 0 Å². The second-order valence-corrected chi connectivity index (χ2v) is 7.23. The van der Waals surface area contributed by atoms with Gasteiger partial charge in [-0.05, 0) is 12.8 Å². The molecule has 3 rings (SSSR count). The van der Waals surface area contributed by atoms with Gasteiger partial charge >= 0.3 is 16.4 Å². The van der Waals surface area contributed by atoms with E-state index in [9.17, 15) is 22.8 Å². The number of fused-ring (bicyclic) bond motifs is 2. The second kappa shape index (κ2) is 8.68. The molecule has 0 unspecified atom stereocenters. The Morgan fingerprint density at radius 3 is 2.69 bits per heavy atom. The quantitative estimate of drug-likeness (QED) is 0.213. The molecule has 1 aromatic rings. The molecule has 2 atom stereocenters. The van der Waals surface area contributed by atoms with E-state index in [0.29, 0.717) is 11.6 Å². The summed E-state index contributed by atoms with van der Waals surface area (Å²) in [5.41, 5.74) is 2.15. The number of hydroxylamine groups is 3. The van der Waals surface area contributed by atoms with Gasteiger partial charge in [0, 0.05) is 6.54 Å². The third kappa shape index (κ3) is 5.37. The predicted molar refractivity (Wildman–Crippen MR) is 90.5 cm³/mol. The molecule has 160 valence electrons. The molecule has 2 saturated heterocycles. The molecule has 0 saturated carbocycles. The molecule has 0 radical (unpaired) electrons. The molecule has 29 heavy (non-hydrogen) atoms. The summed E-state index contributed by atoms with van der Waals surface area (Å²) in [5, 5.41) is 10.6. The highest BCUT2D eigenvalue weighted by atomic mass is 32.3. The zero-order valence-corrected chi connectivity index (χ0v) is 15.8. The van der Waals surface area contributed by atoms with Gasteiger partial charge in [0.05, 0.1) is 38.1 Å². The van der Waals surface area contributed by atoms with Gasteiger partial charge in [-0.2, -0.15) is 28.5 Å². The molecule has 2 fully saturated rings. The molecule has 2 aliphatic rings. The number of amides is 4. The average Bonchev–Trinajstić information content (AvgIpc) is 3.26. The molecule has 0 aliphatic carbocycles. The number of carbonyl (C=O) groups is 3. The van der Waals surface area contributed by atoms with Gasteiger partial charge in [0.25, 0.3) is 5.91 Å². The molecule has 0 aromatic carbocycles. The van der Waals surface area contributed by atoms with Crippen molar-refractivity contribution >= 4 is 28.2 Å². The second-order valence-electron chi connectivity index (χ2n) is 6.23. The highest BCUT2D eigenvalue weighted by molar-refractivity contribution is 7.80. The van der Waals surface area contributed by atoms with Crippen LogP contribution in [0.1, 0.15) is 12.8 Å². The average molecular weight is 433 g/mol. The van der Waals surface area contributed by atoms with E-state index in [0.717, 1.165) is 4.90 Å². The van der Waals surface area contributed by atoms with Crippen molar-refractivity contribution in [3.63, 3.8) is 0 Å². The standard InChI is InChI=1S/C13H19N7O8S/c21-11(17-27-6-5-19-15-3-4-16-19)7-14-12(22)10-2-1-9-8-18(10)13(23)20(9)28-29(24,25)26/h3-4,9-10H,1-2,5-8H2,(H,14,22)(H,17,21)(H,24,25,26)/t9-,10+/m1/s1. The van der Waals surface area contributed by atoms with E-state index in [1.807, 2.05) is 0 Å². The van der Waals surface area contributed by atoms with Crippen LogP contribution in [0.15, 0.2) is 12.4 Å². The summed E-state index contributed by atoms with van der Waals surface area (Å²) in [4.78, 5) is 43.8. The minimum absolute atomic E-state index is 0.0587. The van der Waals surface area contributed by atoms with Gasteiger partial charge in [-0.3, -0.25) is 19.0 Å². The molecular formula is C13H19N7O8S. The Balaban J connectivity index is 1.41. The normalized spacial score (nSPS) is 21.3. The number of carbonyl (C=O) groups excluding carboxylic acids is 3. The van der Waals surface area contributed by atoms with E-state index in [1.54, 1.807) is 0 Å².